The van der Waals surface area contributed by atoms with Crippen molar-refractivity contribution in [3.63, 3.8) is 0 Å². The molecule has 0 fully saturated rings. The van der Waals surface area contributed by atoms with Gasteiger partial charge in [0.1, 0.15) is 5.41 Å². The fourth-order valence-electron chi connectivity index (χ4n) is 2.56. The summed E-state index contributed by atoms with van der Waals surface area (Å²) in [5.41, 5.74) is 0.379. The molecule has 1 aliphatic rings. The van der Waals surface area contributed by atoms with Crippen LogP contribution < -0.4 is 20.1 Å². The Labute approximate surface area is 162 Å². The van der Waals surface area contributed by atoms with E-state index in [9.17, 15) is 9.59 Å². The molecule has 7 heteroatoms. The second-order valence-electron chi connectivity index (χ2n) is 6.78. The molecule has 27 heavy (non-hydrogen) atoms. The summed E-state index contributed by atoms with van der Waals surface area (Å²) in [4.78, 5) is 25.1. The van der Waals surface area contributed by atoms with Gasteiger partial charge in [-0.2, -0.15) is 0 Å². The Bertz CT molecular complexity index is 850. The van der Waals surface area contributed by atoms with Crippen molar-refractivity contribution in [2.45, 2.75) is 20.3 Å². The van der Waals surface area contributed by atoms with Crippen LogP contribution in [0.5, 0.6) is 11.5 Å². The normalized spacial score (nSPS) is 12.6. The molecule has 0 spiro atoms. The third kappa shape index (κ3) is 4.52. The van der Waals surface area contributed by atoms with Crippen molar-refractivity contribution in [3.8, 4) is 11.5 Å². The zero-order valence-corrected chi connectivity index (χ0v) is 15.9. The molecular weight excluding hydrogens is 368 g/mol. The maximum Gasteiger partial charge on any atom is 0.239 e. The first-order valence-electron chi connectivity index (χ1n) is 8.60. The van der Waals surface area contributed by atoms with Gasteiger partial charge in [0.05, 0.1) is 0 Å². The van der Waals surface area contributed by atoms with Crippen LogP contribution in [0.15, 0.2) is 42.5 Å². The summed E-state index contributed by atoms with van der Waals surface area (Å²) < 4.78 is 10.5. The Morgan fingerprint density at radius 1 is 1.04 bits per heavy atom. The number of nitrogens with one attached hydrogen (secondary N) is 2. The highest BCUT2D eigenvalue weighted by atomic mass is 35.5. The largest absolute Gasteiger partial charge is 0.454 e. The number of carbonyl (C=O) groups excluding carboxylic acids is 2. The van der Waals surface area contributed by atoms with Crippen molar-refractivity contribution in [2.24, 2.45) is 5.41 Å². The van der Waals surface area contributed by atoms with Gasteiger partial charge in [-0.15, -0.1) is 0 Å². The number of amides is 2. The SMILES string of the molecule is CC(C)(C(=O)NCCc1ccc(Cl)cc1)C(=O)Nc1ccc2c(c1)OCO2. The molecule has 1 heterocycles. The Kier molecular flexibility index (Phi) is 5.56. The summed E-state index contributed by atoms with van der Waals surface area (Å²) in [7, 11) is 0. The Balaban J connectivity index is 1.54. The van der Waals surface area contributed by atoms with Gasteiger partial charge in [-0.1, -0.05) is 23.7 Å². The lowest BCUT2D eigenvalue weighted by molar-refractivity contribution is -0.138. The summed E-state index contributed by atoms with van der Waals surface area (Å²) in [5, 5.41) is 6.24. The number of fused-ring (bicyclic) bond motifs is 1. The first-order valence-corrected chi connectivity index (χ1v) is 8.98. The summed E-state index contributed by atoms with van der Waals surface area (Å²) in [5.74, 6) is 0.463. The zero-order valence-electron chi connectivity index (χ0n) is 15.2. The lowest BCUT2D eigenvalue weighted by atomic mass is 9.90. The van der Waals surface area contributed by atoms with Crippen LogP contribution in [0.25, 0.3) is 0 Å². The minimum Gasteiger partial charge on any atom is -0.454 e. The monoisotopic (exact) mass is 388 g/mol. The van der Waals surface area contributed by atoms with Gasteiger partial charge < -0.3 is 20.1 Å². The van der Waals surface area contributed by atoms with Crippen molar-refractivity contribution in [2.75, 3.05) is 18.7 Å². The molecule has 0 aromatic heterocycles. The number of hydrogen-bond acceptors (Lipinski definition) is 4. The van der Waals surface area contributed by atoms with Gasteiger partial charge in [0.15, 0.2) is 11.5 Å². The van der Waals surface area contributed by atoms with E-state index in [2.05, 4.69) is 10.6 Å². The molecule has 0 aliphatic carbocycles. The van der Waals surface area contributed by atoms with Crippen LogP contribution in [-0.2, 0) is 16.0 Å². The Morgan fingerprint density at radius 3 is 2.48 bits per heavy atom. The first-order chi connectivity index (χ1) is 12.9. The molecule has 3 rings (SSSR count). The number of hydrogen-bond donors (Lipinski definition) is 2. The van der Waals surface area contributed by atoms with E-state index < -0.39 is 11.3 Å². The lowest BCUT2D eigenvalue weighted by Gasteiger charge is -2.23. The molecule has 1 aliphatic heterocycles. The van der Waals surface area contributed by atoms with Gasteiger partial charge in [0.2, 0.25) is 18.6 Å². The van der Waals surface area contributed by atoms with Crippen LogP contribution in [0.2, 0.25) is 5.02 Å². The molecule has 2 aromatic rings. The maximum atomic E-state index is 12.6. The van der Waals surface area contributed by atoms with Crippen LogP contribution in [-0.4, -0.2) is 25.2 Å². The van der Waals surface area contributed by atoms with Gasteiger partial charge in [0, 0.05) is 23.3 Å². The minimum atomic E-state index is -1.23. The standard InChI is InChI=1S/C20H21ClN2O4/c1-20(2,18(24)22-10-9-13-3-5-14(21)6-4-13)19(25)23-15-7-8-16-17(11-15)27-12-26-16/h3-8,11H,9-10,12H2,1-2H3,(H,22,24)(H,23,25). The molecule has 0 atom stereocenters. The van der Waals surface area contributed by atoms with Crippen molar-refractivity contribution in [1.29, 1.82) is 0 Å². The highest BCUT2D eigenvalue weighted by Crippen LogP contribution is 2.34. The molecule has 0 saturated carbocycles. The van der Waals surface area contributed by atoms with E-state index in [1.807, 2.05) is 24.3 Å². The molecular formula is C20H21ClN2O4. The molecule has 0 bridgehead atoms. The number of halogens is 1. The minimum absolute atomic E-state index is 0.161. The van der Waals surface area contributed by atoms with E-state index in [-0.39, 0.29) is 12.7 Å². The van der Waals surface area contributed by atoms with E-state index >= 15 is 0 Å². The summed E-state index contributed by atoms with van der Waals surface area (Å²) in [6.07, 6.45) is 0.656. The van der Waals surface area contributed by atoms with E-state index in [1.165, 1.54) is 0 Å². The van der Waals surface area contributed by atoms with E-state index in [4.69, 9.17) is 21.1 Å². The van der Waals surface area contributed by atoms with E-state index in [0.29, 0.717) is 35.2 Å². The molecule has 0 saturated heterocycles. The fraction of sp³-hybridized carbons (Fsp3) is 0.300. The maximum absolute atomic E-state index is 12.6. The predicted molar refractivity (Wildman–Crippen MR) is 103 cm³/mol. The quantitative estimate of drug-likeness (QED) is 0.743. The van der Waals surface area contributed by atoms with Crippen molar-refractivity contribution >= 4 is 29.1 Å². The summed E-state index contributed by atoms with van der Waals surface area (Å²) in [6.45, 7) is 3.77. The number of carbonyl (C=O) groups is 2. The molecule has 2 amide bonds. The number of ether oxygens (including phenoxy) is 2. The van der Waals surface area contributed by atoms with E-state index in [1.54, 1.807) is 32.0 Å². The average Bonchev–Trinajstić information content (AvgIpc) is 3.11. The summed E-state index contributed by atoms with van der Waals surface area (Å²) >= 11 is 5.86. The fourth-order valence-corrected chi connectivity index (χ4v) is 2.68. The molecule has 2 N–H and O–H groups in total. The van der Waals surface area contributed by atoms with Gasteiger partial charge >= 0.3 is 0 Å². The van der Waals surface area contributed by atoms with Crippen molar-refractivity contribution in [3.05, 3.63) is 53.1 Å². The third-order valence-electron chi connectivity index (χ3n) is 4.38. The number of anilines is 1. The topological polar surface area (TPSA) is 76.7 Å². The molecule has 2 aromatic carbocycles. The summed E-state index contributed by atoms with van der Waals surface area (Å²) in [6, 6.07) is 12.5. The average molecular weight is 389 g/mol. The second kappa shape index (κ2) is 7.88. The van der Waals surface area contributed by atoms with Crippen LogP contribution in [0.1, 0.15) is 19.4 Å². The van der Waals surface area contributed by atoms with Crippen molar-refractivity contribution in [1.82, 2.24) is 5.32 Å². The third-order valence-corrected chi connectivity index (χ3v) is 4.63. The molecule has 142 valence electrons. The molecule has 6 nitrogen and oxygen atoms in total. The van der Waals surface area contributed by atoms with Crippen LogP contribution in [0.4, 0.5) is 5.69 Å². The number of benzene rings is 2. The molecule has 0 radical (unpaired) electrons. The molecule has 0 unspecified atom stereocenters. The lowest BCUT2D eigenvalue weighted by Crippen LogP contribution is -2.45. The van der Waals surface area contributed by atoms with Crippen LogP contribution >= 0.6 is 11.6 Å². The van der Waals surface area contributed by atoms with Crippen molar-refractivity contribution < 1.29 is 19.1 Å². The predicted octanol–water partition coefficient (Wildman–Crippen LogP) is 3.39. The highest BCUT2D eigenvalue weighted by Gasteiger charge is 2.36. The van der Waals surface area contributed by atoms with Gasteiger partial charge in [-0.25, -0.2) is 0 Å². The van der Waals surface area contributed by atoms with Gasteiger partial charge in [-0.3, -0.25) is 9.59 Å². The van der Waals surface area contributed by atoms with E-state index in [0.717, 1.165) is 5.56 Å². The number of rotatable bonds is 6. The van der Waals surface area contributed by atoms with Gasteiger partial charge in [0.25, 0.3) is 0 Å². The zero-order chi connectivity index (χ0) is 19.4. The Morgan fingerprint density at radius 2 is 1.74 bits per heavy atom. The van der Waals surface area contributed by atoms with Crippen LogP contribution in [0.3, 0.4) is 0 Å². The Hall–Kier alpha value is -2.73. The smallest absolute Gasteiger partial charge is 0.239 e. The van der Waals surface area contributed by atoms with Gasteiger partial charge in [-0.05, 0) is 50.1 Å². The van der Waals surface area contributed by atoms with Crippen LogP contribution in [0, 0.1) is 5.41 Å². The second-order valence-corrected chi connectivity index (χ2v) is 7.22. The highest BCUT2D eigenvalue weighted by molar-refractivity contribution is 6.30. The first kappa shape index (κ1) is 19.0.